The number of aryl methyl sites for hydroxylation is 2. The molecule has 37 heavy (non-hydrogen) atoms. The van der Waals surface area contributed by atoms with Crippen LogP contribution in [0.15, 0.2) is 48.5 Å². The molecule has 0 aromatic heterocycles. The fraction of sp³-hybridized carbons (Fsp3) is 0.483. The topological polar surface area (TPSA) is 108 Å². The van der Waals surface area contributed by atoms with E-state index in [9.17, 15) is 19.5 Å². The van der Waals surface area contributed by atoms with Gasteiger partial charge in [0.05, 0.1) is 30.1 Å². The summed E-state index contributed by atoms with van der Waals surface area (Å²) in [6.45, 7) is 7.24. The van der Waals surface area contributed by atoms with Crippen LogP contribution in [0.25, 0.3) is 0 Å². The van der Waals surface area contributed by atoms with Gasteiger partial charge in [0, 0.05) is 11.4 Å². The second-order valence-corrected chi connectivity index (χ2v) is 10.8. The molecule has 3 saturated heterocycles. The van der Waals surface area contributed by atoms with E-state index in [4.69, 9.17) is 4.74 Å². The number of aliphatic hydroxyl groups excluding tert-OH is 1. The Labute approximate surface area is 217 Å². The molecule has 3 heterocycles. The number of anilines is 2. The highest BCUT2D eigenvalue weighted by atomic mass is 16.5. The predicted octanol–water partition coefficient (Wildman–Crippen LogP) is 3.42. The third kappa shape index (κ3) is 3.85. The Morgan fingerprint density at radius 1 is 1.11 bits per heavy atom. The van der Waals surface area contributed by atoms with Gasteiger partial charge in [-0.25, -0.2) is 0 Å². The SMILES string of the molecule is CC[C@]12CCC3(O1)C(C(=O)Nc1cc(C)ccc1C)N([C@H](C)CO)C(=O)[C@@H]3[C@H]2C(=O)Nc1ccccc1. The lowest BCUT2D eigenvalue weighted by Gasteiger charge is -2.36. The van der Waals surface area contributed by atoms with Crippen LogP contribution in [-0.2, 0) is 19.1 Å². The number of likely N-dealkylation sites (tertiary alicyclic amines) is 1. The minimum absolute atomic E-state index is 0.278. The summed E-state index contributed by atoms with van der Waals surface area (Å²) in [6.07, 6.45) is 1.62. The number of aliphatic hydroxyl groups is 1. The molecule has 3 aliphatic rings. The molecule has 0 radical (unpaired) electrons. The van der Waals surface area contributed by atoms with Crippen LogP contribution in [0.1, 0.15) is 44.2 Å². The van der Waals surface area contributed by atoms with Crippen molar-refractivity contribution in [3.63, 3.8) is 0 Å². The summed E-state index contributed by atoms with van der Waals surface area (Å²) < 4.78 is 6.75. The first kappa shape index (κ1) is 25.4. The molecule has 3 N–H and O–H groups in total. The highest BCUT2D eigenvalue weighted by Gasteiger charge is 2.79. The number of carbonyl (C=O) groups is 3. The van der Waals surface area contributed by atoms with E-state index in [2.05, 4.69) is 10.6 Å². The van der Waals surface area contributed by atoms with Gasteiger partial charge in [-0.15, -0.1) is 0 Å². The van der Waals surface area contributed by atoms with Crippen LogP contribution >= 0.6 is 0 Å². The number of nitrogens with one attached hydrogen (secondary N) is 2. The number of nitrogens with zero attached hydrogens (tertiary/aromatic N) is 1. The van der Waals surface area contributed by atoms with Gasteiger partial charge in [-0.1, -0.05) is 37.3 Å². The fourth-order valence-electron chi connectivity index (χ4n) is 6.73. The summed E-state index contributed by atoms with van der Waals surface area (Å²) in [4.78, 5) is 43.2. The molecule has 8 nitrogen and oxygen atoms in total. The van der Waals surface area contributed by atoms with Crippen molar-refractivity contribution >= 4 is 29.1 Å². The van der Waals surface area contributed by atoms with Gasteiger partial charge >= 0.3 is 0 Å². The number of rotatable bonds is 7. The van der Waals surface area contributed by atoms with E-state index in [0.29, 0.717) is 30.6 Å². The maximum Gasteiger partial charge on any atom is 0.250 e. The van der Waals surface area contributed by atoms with E-state index in [1.165, 1.54) is 4.90 Å². The summed E-state index contributed by atoms with van der Waals surface area (Å²) in [5.74, 6) is -2.51. The summed E-state index contributed by atoms with van der Waals surface area (Å²) in [7, 11) is 0. The number of benzene rings is 2. The largest absolute Gasteiger partial charge is 0.394 e. The molecule has 2 aromatic rings. The van der Waals surface area contributed by atoms with Crippen LogP contribution in [0.5, 0.6) is 0 Å². The van der Waals surface area contributed by atoms with Crippen molar-refractivity contribution in [2.75, 3.05) is 17.2 Å². The van der Waals surface area contributed by atoms with Gasteiger partial charge in [0.2, 0.25) is 17.7 Å². The van der Waals surface area contributed by atoms with Crippen LogP contribution in [0.2, 0.25) is 0 Å². The van der Waals surface area contributed by atoms with Gasteiger partial charge in [0.1, 0.15) is 11.6 Å². The van der Waals surface area contributed by atoms with Crippen molar-refractivity contribution in [3.05, 3.63) is 59.7 Å². The number of hydrogen-bond donors (Lipinski definition) is 3. The Hall–Kier alpha value is -3.23. The van der Waals surface area contributed by atoms with E-state index in [0.717, 1.165) is 11.1 Å². The predicted molar refractivity (Wildman–Crippen MR) is 140 cm³/mol. The number of para-hydroxylation sites is 1. The molecule has 0 aliphatic carbocycles. The average Bonchev–Trinajstić information content (AvgIpc) is 3.50. The van der Waals surface area contributed by atoms with Crippen LogP contribution < -0.4 is 10.6 Å². The number of amides is 3. The lowest BCUT2D eigenvalue weighted by molar-refractivity contribution is -0.147. The van der Waals surface area contributed by atoms with Crippen LogP contribution in [0.3, 0.4) is 0 Å². The Balaban J connectivity index is 1.55. The van der Waals surface area contributed by atoms with E-state index in [-0.39, 0.29) is 24.3 Å². The lowest BCUT2D eigenvalue weighted by Crippen LogP contribution is -2.56. The van der Waals surface area contributed by atoms with Crippen molar-refractivity contribution in [1.82, 2.24) is 4.90 Å². The summed E-state index contributed by atoms with van der Waals surface area (Å²) >= 11 is 0. The molecule has 3 amide bonds. The third-order valence-corrected chi connectivity index (χ3v) is 8.58. The Bertz CT molecular complexity index is 1230. The number of carbonyl (C=O) groups excluding carboxylic acids is 3. The van der Waals surface area contributed by atoms with Gasteiger partial charge in [-0.3, -0.25) is 14.4 Å². The number of fused-ring (bicyclic) bond motifs is 1. The molecule has 3 fully saturated rings. The van der Waals surface area contributed by atoms with Crippen molar-refractivity contribution < 1.29 is 24.2 Å². The zero-order valence-electron chi connectivity index (χ0n) is 21.8. The van der Waals surface area contributed by atoms with E-state index < -0.39 is 35.1 Å². The molecule has 8 heteroatoms. The first-order valence-corrected chi connectivity index (χ1v) is 13.0. The highest BCUT2D eigenvalue weighted by molar-refractivity contribution is 6.05. The van der Waals surface area contributed by atoms with Gasteiger partial charge in [0.15, 0.2) is 0 Å². The zero-order chi connectivity index (χ0) is 26.5. The standard InChI is InChI=1S/C29H35N3O5/c1-5-28-13-14-29(37-28)23(22(28)25(34)30-20-9-7-6-8-10-20)27(36)32(19(4)16-33)24(29)26(35)31-21-15-17(2)11-12-18(21)3/h6-12,15,19,22-24,33H,5,13-14,16H2,1-4H3,(H,30,34)(H,31,35)/t19-,22+,23+,24?,28-,29?/m1/s1. The molecule has 0 saturated carbocycles. The highest BCUT2D eigenvalue weighted by Crippen LogP contribution is 2.64. The van der Waals surface area contributed by atoms with Crippen molar-refractivity contribution in [2.45, 2.75) is 70.2 Å². The third-order valence-electron chi connectivity index (χ3n) is 8.58. The van der Waals surface area contributed by atoms with E-state index in [1.807, 2.05) is 57.2 Å². The first-order valence-electron chi connectivity index (χ1n) is 13.0. The van der Waals surface area contributed by atoms with Crippen molar-refractivity contribution in [2.24, 2.45) is 11.8 Å². The minimum atomic E-state index is -1.14. The summed E-state index contributed by atoms with van der Waals surface area (Å²) in [5, 5.41) is 16.0. The molecule has 196 valence electrons. The molecule has 5 rings (SSSR count). The number of hydrogen-bond acceptors (Lipinski definition) is 5. The summed E-state index contributed by atoms with van der Waals surface area (Å²) in [5.41, 5.74) is 1.25. The van der Waals surface area contributed by atoms with Gasteiger partial charge < -0.3 is 25.4 Å². The minimum Gasteiger partial charge on any atom is -0.394 e. The monoisotopic (exact) mass is 505 g/mol. The van der Waals surface area contributed by atoms with Gasteiger partial charge in [-0.05, 0) is 69.4 Å². The molecule has 2 bridgehead atoms. The maximum absolute atomic E-state index is 14.1. The van der Waals surface area contributed by atoms with Gasteiger partial charge in [-0.2, -0.15) is 0 Å². The molecule has 2 aromatic carbocycles. The fourth-order valence-corrected chi connectivity index (χ4v) is 6.73. The van der Waals surface area contributed by atoms with Crippen LogP contribution in [0.4, 0.5) is 11.4 Å². The molecular weight excluding hydrogens is 470 g/mol. The van der Waals surface area contributed by atoms with Crippen LogP contribution in [-0.4, -0.2) is 57.6 Å². The Kier molecular flexibility index (Phi) is 6.36. The van der Waals surface area contributed by atoms with Crippen molar-refractivity contribution in [1.29, 1.82) is 0 Å². The zero-order valence-corrected chi connectivity index (χ0v) is 21.8. The smallest absolute Gasteiger partial charge is 0.250 e. The Morgan fingerprint density at radius 3 is 2.51 bits per heavy atom. The Morgan fingerprint density at radius 2 is 1.84 bits per heavy atom. The molecule has 2 unspecified atom stereocenters. The second-order valence-electron chi connectivity index (χ2n) is 10.8. The lowest BCUT2D eigenvalue weighted by atomic mass is 9.65. The number of ether oxygens (including phenoxy) is 1. The first-order chi connectivity index (χ1) is 17.7. The second kappa shape index (κ2) is 9.26. The van der Waals surface area contributed by atoms with E-state index >= 15 is 0 Å². The van der Waals surface area contributed by atoms with Crippen molar-refractivity contribution in [3.8, 4) is 0 Å². The van der Waals surface area contributed by atoms with Crippen LogP contribution in [0, 0.1) is 25.7 Å². The molecule has 1 spiro atoms. The van der Waals surface area contributed by atoms with Gasteiger partial charge in [0.25, 0.3) is 0 Å². The molecule has 6 atom stereocenters. The molecule has 3 aliphatic heterocycles. The maximum atomic E-state index is 14.1. The molecular formula is C29H35N3O5. The summed E-state index contributed by atoms with van der Waals surface area (Å²) in [6, 6.07) is 13.4. The normalized spacial score (nSPS) is 30.8. The average molecular weight is 506 g/mol. The van der Waals surface area contributed by atoms with E-state index in [1.54, 1.807) is 19.1 Å². The quantitative estimate of drug-likeness (QED) is 0.535.